The average Bonchev–Trinajstić information content (AvgIpc) is 3.69. The van der Waals surface area contributed by atoms with E-state index in [1.165, 1.54) is 11.8 Å². The maximum absolute atomic E-state index is 13.6. The van der Waals surface area contributed by atoms with Gasteiger partial charge < -0.3 is 36.4 Å². The van der Waals surface area contributed by atoms with Gasteiger partial charge >= 0.3 is 17.9 Å². The van der Waals surface area contributed by atoms with E-state index in [4.69, 9.17) is 15.6 Å². The second-order valence-corrected chi connectivity index (χ2v) is 14.2. The third-order valence-electron chi connectivity index (χ3n) is 10.1. The number of carbonyl (C=O) groups is 5. The highest BCUT2D eigenvalue weighted by atomic mass is 32.2. The van der Waals surface area contributed by atoms with Gasteiger partial charge in [-0.25, -0.2) is 4.79 Å². The molecule has 3 aliphatic carbocycles. The fourth-order valence-electron chi connectivity index (χ4n) is 7.52. The van der Waals surface area contributed by atoms with E-state index < -0.39 is 52.7 Å². The molecule has 1 saturated carbocycles. The van der Waals surface area contributed by atoms with E-state index in [2.05, 4.69) is 29.4 Å². The van der Waals surface area contributed by atoms with Gasteiger partial charge in [-0.2, -0.15) is 0 Å². The molecule has 0 bridgehead atoms. The van der Waals surface area contributed by atoms with Gasteiger partial charge in [0, 0.05) is 30.5 Å². The Morgan fingerprint density at radius 3 is 2.48 bits per heavy atom. The van der Waals surface area contributed by atoms with E-state index in [1.54, 1.807) is 12.4 Å². The Bertz CT molecular complexity index is 1540. The van der Waals surface area contributed by atoms with Crippen LogP contribution in [0.25, 0.3) is 0 Å². The molecule has 2 heterocycles. The van der Waals surface area contributed by atoms with E-state index in [0.717, 1.165) is 55.2 Å². The lowest BCUT2D eigenvalue weighted by molar-refractivity contribution is -0.151. The molecule has 7 N–H and O–H groups in total. The van der Waals surface area contributed by atoms with Crippen LogP contribution >= 0.6 is 11.8 Å². The SMILES string of the molecule is CCC1([C@]2(SC[C@H](NC(=O)CC[C@H](N)C(=O)O)C(=O)N[C@@H](O)C(=O)O)C=C[C@H]3CC(Cc4ccncc4)=C[C@H]4C(=O)OC2=C43)CCCC1. The lowest BCUT2D eigenvalue weighted by Gasteiger charge is -2.49. The number of thioether (sulfide) groups is 1. The van der Waals surface area contributed by atoms with Crippen molar-refractivity contribution in [2.75, 3.05) is 5.75 Å². The summed E-state index contributed by atoms with van der Waals surface area (Å²) in [4.78, 5) is 66.3. The van der Waals surface area contributed by atoms with Gasteiger partial charge in [-0.3, -0.25) is 24.2 Å². The number of rotatable bonds is 15. The summed E-state index contributed by atoms with van der Waals surface area (Å²) in [6, 6.07) is 1.31. The quantitative estimate of drug-likeness (QED) is 0.0891. The molecule has 0 spiro atoms. The average molecular weight is 683 g/mol. The molecule has 1 aromatic rings. The second-order valence-electron chi connectivity index (χ2n) is 13.0. The third-order valence-corrected chi connectivity index (χ3v) is 11.8. The van der Waals surface area contributed by atoms with Crippen LogP contribution in [0.4, 0.5) is 0 Å². The maximum atomic E-state index is 13.6. The molecule has 48 heavy (non-hydrogen) atoms. The fraction of sp³-hybridized carbons (Fsp3) is 0.529. The number of pyridine rings is 1. The lowest BCUT2D eigenvalue weighted by Crippen LogP contribution is -2.54. The zero-order chi connectivity index (χ0) is 34.6. The summed E-state index contributed by atoms with van der Waals surface area (Å²) < 4.78 is 5.36. The summed E-state index contributed by atoms with van der Waals surface area (Å²) in [6.45, 7) is 2.10. The first kappa shape index (κ1) is 35.3. The van der Waals surface area contributed by atoms with Crippen LogP contribution in [0.15, 0.2) is 59.7 Å². The molecule has 4 aliphatic rings. The van der Waals surface area contributed by atoms with Crippen LogP contribution in [0, 0.1) is 17.3 Å². The van der Waals surface area contributed by atoms with Gasteiger partial charge in [0.05, 0.1) is 4.75 Å². The number of carboxylic acids is 2. The molecule has 6 atom stereocenters. The van der Waals surface area contributed by atoms with Crippen molar-refractivity contribution in [1.82, 2.24) is 15.6 Å². The van der Waals surface area contributed by atoms with E-state index in [-0.39, 0.29) is 35.9 Å². The summed E-state index contributed by atoms with van der Waals surface area (Å²) in [5.74, 6) is -4.96. The van der Waals surface area contributed by atoms with Crippen LogP contribution in [-0.2, 0) is 35.1 Å². The van der Waals surface area contributed by atoms with Crippen molar-refractivity contribution >= 4 is 41.5 Å². The highest BCUT2D eigenvalue weighted by molar-refractivity contribution is 8.01. The molecule has 1 aliphatic heterocycles. The Hall–Kier alpha value is -4.01. The monoisotopic (exact) mass is 682 g/mol. The number of nitrogens with two attached hydrogens (primary N) is 1. The Labute approximate surface area is 282 Å². The molecule has 0 saturated heterocycles. The number of nitrogens with one attached hydrogen (secondary N) is 2. The minimum Gasteiger partial charge on any atom is -0.480 e. The summed E-state index contributed by atoms with van der Waals surface area (Å²) in [5, 5.41) is 32.8. The predicted molar refractivity (Wildman–Crippen MR) is 175 cm³/mol. The molecule has 0 unspecified atom stereocenters. The largest absolute Gasteiger partial charge is 0.480 e. The fourth-order valence-corrected chi connectivity index (χ4v) is 9.31. The highest BCUT2D eigenvalue weighted by Gasteiger charge is 2.60. The van der Waals surface area contributed by atoms with Crippen LogP contribution in [0.1, 0.15) is 63.9 Å². The number of hydrogen-bond donors (Lipinski definition) is 6. The van der Waals surface area contributed by atoms with Crippen molar-refractivity contribution in [1.29, 1.82) is 0 Å². The van der Waals surface area contributed by atoms with Gasteiger partial charge in [0.15, 0.2) is 0 Å². The molecule has 0 radical (unpaired) electrons. The summed E-state index contributed by atoms with van der Waals surface area (Å²) in [7, 11) is 0. The first-order chi connectivity index (χ1) is 22.9. The Morgan fingerprint density at radius 2 is 1.83 bits per heavy atom. The molecule has 258 valence electrons. The second kappa shape index (κ2) is 14.6. The summed E-state index contributed by atoms with van der Waals surface area (Å²) in [5.41, 5.74) is 8.37. The zero-order valence-corrected chi connectivity index (χ0v) is 27.5. The summed E-state index contributed by atoms with van der Waals surface area (Å²) in [6.07, 6.45) is 12.9. The van der Waals surface area contributed by atoms with Gasteiger partial charge in [-0.1, -0.05) is 43.6 Å². The topological polar surface area (TPSA) is 218 Å². The Balaban J connectivity index is 1.47. The van der Waals surface area contributed by atoms with Crippen molar-refractivity contribution in [3.63, 3.8) is 0 Å². The van der Waals surface area contributed by atoms with Gasteiger partial charge in [-0.05, 0) is 67.2 Å². The van der Waals surface area contributed by atoms with Crippen LogP contribution in [0.3, 0.4) is 0 Å². The van der Waals surface area contributed by atoms with Crippen LogP contribution < -0.4 is 16.4 Å². The molecule has 1 aromatic heterocycles. The van der Waals surface area contributed by atoms with Crippen LogP contribution in [-0.4, -0.2) is 78.8 Å². The smallest absolute Gasteiger partial charge is 0.353 e. The summed E-state index contributed by atoms with van der Waals surface area (Å²) >= 11 is 1.36. The normalized spacial score (nSPS) is 25.7. The van der Waals surface area contributed by atoms with Gasteiger partial charge in [0.1, 0.15) is 23.8 Å². The van der Waals surface area contributed by atoms with Crippen molar-refractivity contribution in [3.8, 4) is 0 Å². The van der Waals surface area contributed by atoms with Gasteiger partial charge in [0.25, 0.3) is 0 Å². The lowest BCUT2D eigenvalue weighted by atomic mass is 9.64. The first-order valence-electron chi connectivity index (χ1n) is 16.3. The van der Waals surface area contributed by atoms with Crippen LogP contribution in [0.2, 0.25) is 0 Å². The molecule has 14 heteroatoms. The number of hydrogen-bond acceptors (Lipinski definition) is 10. The van der Waals surface area contributed by atoms with Crippen molar-refractivity contribution < 1.29 is 44.0 Å². The molecular formula is C34H42N4O9S. The van der Waals surface area contributed by atoms with E-state index >= 15 is 0 Å². The minimum atomic E-state index is -2.21. The predicted octanol–water partition coefficient (Wildman–Crippen LogP) is 2.21. The van der Waals surface area contributed by atoms with Gasteiger partial charge in [-0.15, -0.1) is 11.8 Å². The van der Waals surface area contributed by atoms with Crippen molar-refractivity contribution in [2.45, 2.75) is 87.8 Å². The third kappa shape index (κ3) is 7.06. The number of aliphatic carboxylic acids is 2. The number of esters is 1. The van der Waals surface area contributed by atoms with Gasteiger partial charge in [0.2, 0.25) is 18.0 Å². The van der Waals surface area contributed by atoms with E-state index in [1.807, 2.05) is 23.5 Å². The first-order valence-corrected chi connectivity index (χ1v) is 17.2. The number of carboxylic acid groups (broad SMARTS) is 2. The number of carbonyl (C=O) groups excluding carboxylic acids is 3. The number of allylic oxidation sites excluding steroid dienone is 2. The Morgan fingerprint density at radius 1 is 1.12 bits per heavy atom. The highest BCUT2D eigenvalue weighted by Crippen LogP contribution is 2.64. The molecule has 1 fully saturated rings. The maximum Gasteiger partial charge on any atom is 0.353 e. The number of ether oxygens (including phenoxy) is 1. The van der Waals surface area contributed by atoms with E-state index in [0.29, 0.717) is 12.2 Å². The number of nitrogens with zero attached hydrogens (tertiary/aromatic N) is 1. The molecule has 5 rings (SSSR count). The number of aliphatic hydroxyl groups is 1. The standard InChI is InChI=1S/C34H42N4O9S/c1-2-33(10-3-4-11-33)34(48-18-24(28(40)38-29(41)31(44)45)37-25(39)6-5-23(35)30(42)43)12-7-21-16-20(15-19-8-13-36-14-9-19)17-22-26(21)27(34)47-32(22)46/h7-9,12-14,17,21-24,29,41H,2-6,10-11,15-16,18,35H2,1H3,(H,37,39)(H,38,40)(H,42,43)(H,44,45)/t21-,22+,23-,24-,29-,34-/m0/s1. The zero-order valence-electron chi connectivity index (χ0n) is 26.7. The van der Waals surface area contributed by atoms with Crippen LogP contribution in [0.5, 0.6) is 0 Å². The molecular weight excluding hydrogens is 640 g/mol. The molecule has 13 nitrogen and oxygen atoms in total. The number of amides is 2. The number of aliphatic hydroxyl groups excluding tert-OH is 1. The minimum absolute atomic E-state index is 0.0507. The Kier molecular flexibility index (Phi) is 10.8. The number of aromatic nitrogens is 1. The van der Waals surface area contributed by atoms with Crippen molar-refractivity contribution in [3.05, 3.63) is 65.2 Å². The van der Waals surface area contributed by atoms with E-state index in [9.17, 15) is 34.2 Å². The molecule has 0 aromatic carbocycles. The van der Waals surface area contributed by atoms with Crippen molar-refractivity contribution in [2.24, 2.45) is 23.0 Å². The molecule has 2 amide bonds.